The second-order valence-electron chi connectivity index (χ2n) is 5.16. The standard InChI is InChI=1S/C17H19ClFNO/c1-12(10-13-6-3-2-4-7-13)20-11-16(21)14-8-5-9-15(18)17(14)19/h2-9,12,16,20-21H,10-11H2,1H3/t12-,16+/m1/s1. The second-order valence-corrected chi connectivity index (χ2v) is 5.57. The van der Waals surface area contributed by atoms with Crippen molar-refractivity contribution in [2.45, 2.75) is 25.5 Å². The summed E-state index contributed by atoms with van der Waals surface area (Å²) in [4.78, 5) is 0. The van der Waals surface area contributed by atoms with Gasteiger partial charge in [0.1, 0.15) is 5.82 Å². The molecule has 0 aromatic heterocycles. The van der Waals surface area contributed by atoms with Crippen molar-refractivity contribution in [3.63, 3.8) is 0 Å². The highest BCUT2D eigenvalue weighted by atomic mass is 35.5. The molecule has 0 aliphatic heterocycles. The summed E-state index contributed by atoms with van der Waals surface area (Å²) < 4.78 is 13.8. The number of nitrogens with one attached hydrogen (secondary N) is 1. The predicted molar refractivity (Wildman–Crippen MR) is 84.0 cm³/mol. The van der Waals surface area contributed by atoms with Crippen LogP contribution in [0, 0.1) is 5.82 Å². The zero-order valence-electron chi connectivity index (χ0n) is 11.9. The van der Waals surface area contributed by atoms with Gasteiger partial charge in [0.2, 0.25) is 0 Å². The van der Waals surface area contributed by atoms with E-state index >= 15 is 0 Å². The quantitative estimate of drug-likeness (QED) is 0.852. The Labute approximate surface area is 129 Å². The van der Waals surface area contributed by atoms with Gasteiger partial charge in [-0.1, -0.05) is 54.1 Å². The van der Waals surface area contributed by atoms with Crippen LogP contribution in [0.2, 0.25) is 5.02 Å². The van der Waals surface area contributed by atoms with Crippen LogP contribution in [-0.4, -0.2) is 17.7 Å². The van der Waals surface area contributed by atoms with Crippen molar-refractivity contribution in [2.75, 3.05) is 6.54 Å². The Bertz CT molecular complexity index is 576. The number of rotatable bonds is 6. The predicted octanol–water partition coefficient (Wildman–Crippen LogP) is 3.73. The Kier molecular flexibility index (Phi) is 5.74. The number of hydrogen-bond donors (Lipinski definition) is 2. The lowest BCUT2D eigenvalue weighted by Gasteiger charge is -2.18. The Morgan fingerprint density at radius 2 is 1.86 bits per heavy atom. The van der Waals surface area contributed by atoms with Gasteiger partial charge in [0.15, 0.2) is 0 Å². The monoisotopic (exact) mass is 307 g/mol. The molecule has 0 unspecified atom stereocenters. The molecule has 0 aliphatic carbocycles. The molecule has 0 amide bonds. The topological polar surface area (TPSA) is 32.3 Å². The molecule has 0 fully saturated rings. The van der Waals surface area contributed by atoms with Crippen LogP contribution in [-0.2, 0) is 6.42 Å². The number of hydrogen-bond acceptors (Lipinski definition) is 2. The molecule has 2 aromatic rings. The first-order valence-electron chi connectivity index (χ1n) is 6.97. The minimum Gasteiger partial charge on any atom is -0.387 e. The lowest BCUT2D eigenvalue weighted by molar-refractivity contribution is 0.166. The third-order valence-corrected chi connectivity index (χ3v) is 3.68. The fraction of sp³-hybridized carbons (Fsp3) is 0.294. The zero-order chi connectivity index (χ0) is 15.2. The summed E-state index contributed by atoms with van der Waals surface area (Å²) in [5.74, 6) is -0.552. The number of benzene rings is 2. The van der Waals surface area contributed by atoms with Crippen molar-refractivity contribution in [1.82, 2.24) is 5.32 Å². The Balaban J connectivity index is 1.89. The van der Waals surface area contributed by atoms with E-state index in [1.165, 1.54) is 11.6 Å². The van der Waals surface area contributed by atoms with E-state index in [2.05, 4.69) is 17.4 Å². The third kappa shape index (κ3) is 4.53. The van der Waals surface area contributed by atoms with Gasteiger partial charge in [-0.25, -0.2) is 4.39 Å². The summed E-state index contributed by atoms with van der Waals surface area (Å²) in [6, 6.07) is 14.9. The van der Waals surface area contributed by atoms with Crippen LogP contribution >= 0.6 is 11.6 Å². The number of halogens is 2. The Morgan fingerprint density at radius 1 is 1.14 bits per heavy atom. The molecule has 0 aliphatic rings. The summed E-state index contributed by atoms with van der Waals surface area (Å²) >= 11 is 5.72. The summed E-state index contributed by atoms with van der Waals surface area (Å²) in [6.45, 7) is 2.32. The zero-order valence-corrected chi connectivity index (χ0v) is 12.6. The normalized spacial score (nSPS) is 13.9. The SMILES string of the molecule is C[C@H](Cc1ccccc1)NC[C@H](O)c1cccc(Cl)c1F. The maximum absolute atomic E-state index is 13.8. The molecule has 21 heavy (non-hydrogen) atoms. The molecule has 2 nitrogen and oxygen atoms in total. The molecule has 2 rings (SSSR count). The van der Waals surface area contributed by atoms with E-state index in [-0.39, 0.29) is 23.2 Å². The van der Waals surface area contributed by atoms with Gasteiger partial charge in [-0.3, -0.25) is 0 Å². The lowest BCUT2D eigenvalue weighted by Crippen LogP contribution is -2.32. The van der Waals surface area contributed by atoms with Gasteiger partial charge >= 0.3 is 0 Å². The number of aliphatic hydroxyl groups is 1. The maximum atomic E-state index is 13.8. The van der Waals surface area contributed by atoms with E-state index in [4.69, 9.17) is 11.6 Å². The summed E-state index contributed by atoms with van der Waals surface area (Å²) in [6.07, 6.45) is -0.0621. The fourth-order valence-corrected chi connectivity index (χ4v) is 2.42. The van der Waals surface area contributed by atoms with Crippen LogP contribution in [0.3, 0.4) is 0 Å². The van der Waals surface area contributed by atoms with Crippen LogP contribution in [0.4, 0.5) is 4.39 Å². The molecule has 2 N–H and O–H groups in total. The molecule has 2 atom stereocenters. The summed E-state index contributed by atoms with van der Waals surface area (Å²) in [5, 5.41) is 13.3. The van der Waals surface area contributed by atoms with E-state index < -0.39 is 11.9 Å². The fourth-order valence-electron chi connectivity index (χ4n) is 2.24. The van der Waals surface area contributed by atoms with Crippen LogP contribution in [0.15, 0.2) is 48.5 Å². The molecule has 0 heterocycles. The van der Waals surface area contributed by atoms with Crippen LogP contribution in [0.5, 0.6) is 0 Å². The third-order valence-electron chi connectivity index (χ3n) is 3.38. The van der Waals surface area contributed by atoms with Crippen molar-refractivity contribution in [1.29, 1.82) is 0 Å². The van der Waals surface area contributed by atoms with Crippen molar-refractivity contribution >= 4 is 11.6 Å². The molecule has 0 radical (unpaired) electrons. The van der Waals surface area contributed by atoms with E-state index in [0.717, 1.165) is 6.42 Å². The van der Waals surface area contributed by atoms with Crippen LogP contribution < -0.4 is 5.32 Å². The van der Waals surface area contributed by atoms with E-state index in [1.54, 1.807) is 12.1 Å². The Hall–Kier alpha value is -1.42. The summed E-state index contributed by atoms with van der Waals surface area (Å²) in [5.41, 5.74) is 1.45. The largest absolute Gasteiger partial charge is 0.387 e. The first kappa shape index (κ1) is 16.0. The van der Waals surface area contributed by atoms with Crippen LogP contribution in [0.1, 0.15) is 24.2 Å². The van der Waals surface area contributed by atoms with Gasteiger partial charge in [0.25, 0.3) is 0 Å². The van der Waals surface area contributed by atoms with Crippen molar-refractivity contribution in [3.05, 3.63) is 70.5 Å². The molecular weight excluding hydrogens is 289 g/mol. The average molecular weight is 308 g/mol. The first-order chi connectivity index (χ1) is 10.1. The highest BCUT2D eigenvalue weighted by Crippen LogP contribution is 2.23. The second kappa shape index (κ2) is 7.55. The smallest absolute Gasteiger partial charge is 0.147 e. The molecule has 0 bridgehead atoms. The van der Waals surface area contributed by atoms with E-state index in [0.29, 0.717) is 0 Å². The number of aliphatic hydroxyl groups excluding tert-OH is 1. The summed E-state index contributed by atoms with van der Waals surface area (Å²) in [7, 11) is 0. The van der Waals surface area contributed by atoms with Crippen LogP contribution in [0.25, 0.3) is 0 Å². The minimum atomic E-state index is -0.915. The van der Waals surface area contributed by atoms with Gasteiger partial charge in [0, 0.05) is 18.2 Å². The van der Waals surface area contributed by atoms with Crippen molar-refractivity contribution in [2.24, 2.45) is 0 Å². The van der Waals surface area contributed by atoms with E-state index in [1.807, 2.05) is 25.1 Å². The minimum absolute atomic E-state index is 0.0314. The molecule has 0 spiro atoms. The van der Waals surface area contributed by atoms with Crippen molar-refractivity contribution < 1.29 is 9.50 Å². The maximum Gasteiger partial charge on any atom is 0.147 e. The first-order valence-corrected chi connectivity index (χ1v) is 7.35. The Morgan fingerprint density at radius 3 is 2.57 bits per heavy atom. The molecule has 2 aromatic carbocycles. The molecular formula is C17H19ClFNO. The molecule has 0 saturated heterocycles. The molecule has 112 valence electrons. The van der Waals surface area contributed by atoms with Gasteiger partial charge in [-0.2, -0.15) is 0 Å². The average Bonchev–Trinajstić information content (AvgIpc) is 2.48. The van der Waals surface area contributed by atoms with Gasteiger partial charge in [-0.05, 0) is 25.0 Å². The van der Waals surface area contributed by atoms with E-state index in [9.17, 15) is 9.50 Å². The molecule has 0 saturated carbocycles. The molecule has 4 heteroatoms. The lowest BCUT2D eigenvalue weighted by atomic mass is 10.1. The van der Waals surface area contributed by atoms with Crippen molar-refractivity contribution in [3.8, 4) is 0 Å². The van der Waals surface area contributed by atoms with Gasteiger partial charge < -0.3 is 10.4 Å². The van der Waals surface area contributed by atoms with Gasteiger partial charge in [0.05, 0.1) is 11.1 Å². The highest BCUT2D eigenvalue weighted by Gasteiger charge is 2.15. The highest BCUT2D eigenvalue weighted by molar-refractivity contribution is 6.30. The van der Waals surface area contributed by atoms with Gasteiger partial charge in [-0.15, -0.1) is 0 Å².